The van der Waals surface area contributed by atoms with E-state index in [2.05, 4.69) is 39.9 Å². The third-order valence-corrected chi connectivity index (χ3v) is 4.65. The molecule has 1 fully saturated rings. The van der Waals surface area contributed by atoms with Gasteiger partial charge in [0.2, 0.25) is 0 Å². The van der Waals surface area contributed by atoms with Crippen LogP contribution in [0.15, 0.2) is 0 Å². The minimum atomic E-state index is 0.500. The smallest absolute Gasteiger partial charge is 0.134 e. The Morgan fingerprint density at radius 2 is 1.80 bits per heavy atom. The monoisotopic (exact) mass is 275 g/mol. The summed E-state index contributed by atoms with van der Waals surface area (Å²) in [6, 6.07) is 0. The van der Waals surface area contributed by atoms with Crippen LogP contribution in [0.3, 0.4) is 0 Å². The number of anilines is 1. The number of nitrogens with zero attached hydrogens (tertiary/aromatic N) is 2. The lowest BCUT2D eigenvalue weighted by molar-refractivity contribution is 0.220. The minimum absolute atomic E-state index is 0.500. The van der Waals surface area contributed by atoms with Gasteiger partial charge in [0.25, 0.3) is 0 Å². The van der Waals surface area contributed by atoms with E-state index < -0.39 is 0 Å². The van der Waals surface area contributed by atoms with E-state index in [1.165, 1.54) is 31.2 Å². The average molecular weight is 275 g/mol. The standard InChI is InChI=1S/C17H29N3/c1-6-11-18-15-12(2)13(3)19-16(20-15)14-7-9-17(4,5)10-8-14/h14H,6-11H2,1-5H3,(H,18,19,20). The molecule has 0 spiro atoms. The molecule has 2 rings (SSSR count). The first-order valence-corrected chi connectivity index (χ1v) is 8.02. The fourth-order valence-corrected chi connectivity index (χ4v) is 2.91. The van der Waals surface area contributed by atoms with Crippen LogP contribution in [-0.2, 0) is 0 Å². The van der Waals surface area contributed by atoms with Crippen molar-refractivity contribution >= 4 is 5.82 Å². The van der Waals surface area contributed by atoms with Gasteiger partial charge in [-0.1, -0.05) is 20.8 Å². The van der Waals surface area contributed by atoms with Crippen molar-refractivity contribution in [3.63, 3.8) is 0 Å². The van der Waals surface area contributed by atoms with Crippen molar-refractivity contribution in [1.29, 1.82) is 0 Å². The Labute approximate surface area is 123 Å². The molecule has 112 valence electrons. The molecule has 1 aliphatic rings. The van der Waals surface area contributed by atoms with Crippen molar-refractivity contribution in [3.05, 3.63) is 17.1 Å². The fourth-order valence-electron chi connectivity index (χ4n) is 2.91. The summed E-state index contributed by atoms with van der Waals surface area (Å²) in [5.74, 6) is 2.64. The molecule has 1 aromatic rings. The van der Waals surface area contributed by atoms with E-state index >= 15 is 0 Å². The van der Waals surface area contributed by atoms with Gasteiger partial charge in [0.15, 0.2) is 0 Å². The number of rotatable bonds is 4. The summed E-state index contributed by atoms with van der Waals surface area (Å²) < 4.78 is 0. The van der Waals surface area contributed by atoms with Gasteiger partial charge in [-0.05, 0) is 51.4 Å². The quantitative estimate of drug-likeness (QED) is 0.872. The highest BCUT2D eigenvalue weighted by Crippen LogP contribution is 2.41. The van der Waals surface area contributed by atoms with Gasteiger partial charge < -0.3 is 5.32 Å². The highest BCUT2D eigenvalue weighted by atomic mass is 15.0. The van der Waals surface area contributed by atoms with Gasteiger partial charge in [0.05, 0.1) is 0 Å². The summed E-state index contributed by atoms with van der Waals surface area (Å²) in [4.78, 5) is 9.58. The Morgan fingerprint density at radius 3 is 2.40 bits per heavy atom. The van der Waals surface area contributed by atoms with Crippen LogP contribution >= 0.6 is 0 Å². The van der Waals surface area contributed by atoms with Gasteiger partial charge in [-0.2, -0.15) is 0 Å². The normalized spacial score (nSPS) is 19.1. The van der Waals surface area contributed by atoms with Gasteiger partial charge in [0, 0.05) is 23.7 Å². The summed E-state index contributed by atoms with van der Waals surface area (Å²) in [7, 11) is 0. The molecule has 0 saturated heterocycles. The van der Waals surface area contributed by atoms with Gasteiger partial charge in [-0.3, -0.25) is 0 Å². The lowest BCUT2D eigenvalue weighted by atomic mass is 9.73. The largest absolute Gasteiger partial charge is 0.370 e. The van der Waals surface area contributed by atoms with Crippen molar-refractivity contribution < 1.29 is 0 Å². The molecule has 3 heteroatoms. The highest BCUT2D eigenvalue weighted by molar-refractivity contribution is 5.45. The molecule has 0 aromatic carbocycles. The number of aryl methyl sites for hydroxylation is 1. The van der Waals surface area contributed by atoms with E-state index in [4.69, 9.17) is 9.97 Å². The van der Waals surface area contributed by atoms with Crippen LogP contribution in [0.1, 0.15) is 75.9 Å². The first-order chi connectivity index (χ1) is 9.43. The Hall–Kier alpha value is -1.12. The van der Waals surface area contributed by atoms with Crippen molar-refractivity contribution in [2.24, 2.45) is 5.41 Å². The Bertz CT molecular complexity index is 456. The van der Waals surface area contributed by atoms with Gasteiger partial charge in [0.1, 0.15) is 11.6 Å². The van der Waals surface area contributed by atoms with Crippen molar-refractivity contribution in [3.8, 4) is 0 Å². The topological polar surface area (TPSA) is 37.8 Å². The van der Waals surface area contributed by atoms with E-state index in [9.17, 15) is 0 Å². The first-order valence-electron chi connectivity index (χ1n) is 8.02. The van der Waals surface area contributed by atoms with Crippen LogP contribution in [0, 0.1) is 19.3 Å². The van der Waals surface area contributed by atoms with Crippen molar-refractivity contribution in [2.45, 2.75) is 72.6 Å². The maximum atomic E-state index is 4.82. The number of nitrogens with one attached hydrogen (secondary N) is 1. The van der Waals surface area contributed by atoms with Crippen LogP contribution in [-0.4, -0.2) is 16.5 Å². The van der Waals surface area contributed by atoms with Crippen LogP contribution in [0.4, 0.5) is 5.82 Å². The van der Waals surface area contributed by atoms with E-state index in [-0.39, 0.29) is 0 Å². The van der Waals surface area contributed by atoms with E-state index in [1.807, 2.05) is 0 Å². The van der Waals surface area contributed by atoms with Crippen molar-refractivity contribution in [1.82, 2.24) is 9.97 Å². The van der Waals surface area contributed by atoms with Crippen LogP contribution in [0.2, 0.25) is 0 Å². The molecule has 0 bridgehead atoms. The fraction of sp³-hybridized carbons (Fsp3) is 0.765. The second-order valence-electron chi connectivity index (χ2n) is 7.01. The summed E-state index contributed by atoms with van der Waals surface area (Å²) in [6.45, 7) is 12.1. The summed E-state index contributed by atoms with van der Waals surface area (Å²) >= 11 is 0. The number of hydrogen-bond donors (Lipinski definition) is 1. The molecule has 0 amide bonds. The zero-order valence-electron chi connectivity index (χ0n) is 13.7. The SMILES string of the molecule is CCCNc1nc(C2CCC(C)(C)CC2)nc(C)c1C. The molecule has 1 N–H and O–H groups in total. The Morgan fingerprint density at radius 1 is 1.15 bits per heavy atom. The minimum Gasteiger partial charge on any atom is -0.370 e. The first kappa shape index (κ1) is 15.3. The predicted octanol–water partition coefficient (Wildman–Crippen LogP) is 4.60. The maximum Gasteiger partial charge on any atom is 0.134 e. The molecule has 1 aromatic heterocycles. The predicted molar refractivity (Wildman–Crippen MR) is 85.3 cm³/mol. The molecule has 1 heterocycles. The lowest BCUT2D eigenvalue weighted by Crippen LogP contribution is -2.22. The molecule has 0 unspecified atom stereocenters. The third kappa shape index (κ3) is 3.50. The zero-order valence-corrected chi connectivity index (χ0v) is 13.7. The van der Waals surface area contributed by atoms with Crippen molar-refractivity contribution in [2.75, 3.05) is 11.9 Å². The van der Waals surface area contributed by atoms with Gasteiger partial charge >= 0.3 is 0 Å². The molecule has 1 saturated carbocycles. The van der Waals surface area contributed by atoms with E-state index in [1.54, 1.807) is 0 Å². The number of aromatic nitrogens is 2. The van der Waals surface area contributed by atoms with Gasteiger partial charge in [-0.25, -0.2) is 9.97 Å². The maximum absolute atomic E-state index is 4.82. The molecular weight excluding hydrogens is 246 g/mol. The van der Waals surface area contributed by atoms with Crippen LogP contribution in [0.25, 0.3) is 0 Å². The highest BCUT2D eigenvalue weighted by Gasteiger charge is 2.29. The molecule has 0 atom stereocenters. The second-order valence-corrected chi connectivity index (χ2v) is 7.01. The summed E-state index contributed by atoms with van der Waals surface area (Å²) in [5.41, 5.74) is 2.82. The second kappa shape index (κ2) is 6.11. The van der Waals surface area contributed by atoms with E-state index in [0.717, 1.165) is 30.3 Å². The molecule has 3 nitrogen and oxygen atoms in total. The lowest BCUT2D eigenvalue weighted by Gasteiger charge is -2.33. The summed E-state index contributed by atoms with van der Waals surface area (Å²) in [6.07, 6.45) is 6.14. The molecule has 20 heavy (non-hydrogen) atoms. The molecule has 1 aliphatic carbocycles. The zero-order chi connectivity index (χ0) is 14.8. The van der Waals surface area contributed by atoms with Crippen LogP contribution in [0.5, 0.6) is 0 Å². The average Bonchev–Trinajstić information content (AvgIpc) is 2.40. The van der Waals surface area contributed by atoms with Crippen LogP contribution < -0.4 is 5.32 Å². The Balaban J connectivity index is 2.18. The number of hydrogen-bond acceptors (Lipinski definition) is 3. The molecular formula is C17H29N3. The molecule has 0 radical (unpaired) electrons. The molecule has 0 aliphatic heterocycles. The third-order valence-electron chi connectivity index (χ3n) is 4.65. The van der Waals surface area contributed by atoms with Gasteiger partial charge in [-0.15, -0.1) is 0 Å². The Kier molecular flexibility index (Phi) is 4.66. The summed E-state index contributed by atoms with van der Waals surface area (Å²) in [5, 5.41) is 3.45. The van der Waals surface area contributed by atoms with E-state index in [0.29, 0.717) is 11.3 Å².